The molecule has 0 aliphatic carbocycles. The summed E-state index contributed by atoms with van der Waals surface area (Å²) in [7, 11) is 4.03. The van der Waals surface area contributed by atoms with Gasteiger partial charge in [0.25, 0.3) is 0 Å². The fourth-order valence-corrected chi connectivity index (χ4v) is 1.18. The molecule has 4 heteroatoms. The second-order valence-electron chi connectivity index (χ2n) is 3.84. The molecule has 1 aromatic heterocycles. The Bertz CT molecular complexity index is 269. The number of aromatic nitrogens is 1. The van der Waals surface area contributed by atoms with Crippen LogP contribution >= 0.6 is 0 Å². The highest BCUT2D eigenvalue weighted by atomic mass is 16.3. The maximum Gasteiger partial charge on any atom is 0.195 e. The van der Waals surface area contributed by atoms with Crippen LogP contribution in [0.4, 0.5) is 0 Å². The third kappa shape index (κ3) is 3.89. The molecular weight excluding hydrogens is 180 g/mol. The Balaban J connectivity index is 2.42. The average Bonchev–Trinajstić information content (AvgIpc) is 2.47. The summed E-state index contributed by atoms with van der Waals surface area (Å²) in [5, 5.41) is 9.14. The van der Waals surface area contributed by atoms with Gasteiger partial charge in [0.05, 0.1) is 11.8 Å². The Kier molecular flexibility index (Phi) is 4.10. The van der Waals surface area contributed by atoms with E-state index in [4.69, 9.17) is 9.52 Å². The summed E-state index contributed by atoms with van der Waals surface area (Å²) < 4.78 is 5.27. The van der Waals surface area contributed by atoms with Crippen LogP contribution in [0.15, 0.2) is 10.7 Å². The SMILES string of the molecule is CC(O)Cc1coc(CCN(C)C)n1. The molecular formula is C10H18N2O2. The van der Waals surface area contributed by atoms with Crippen LogP contribution in [0.25, 0.3) is 0 Å². The number of aliphatic hydroxyl groups is 1. The molecule has 1 aromatic rings. The van der Waals surface area contributed by atoms with Gasteiger partial charge in [-0.2, -0.15) is 0 Å². The molecule has 4 nitrogen and oxygen atoms in total. The molecule has 0 fully saturated rings. The predicted molar refractivity (Wildman–Crippen MR) is 54.1 cm³/mol. The summed E-state index contributed by atoms with van der Waals surface area (Å²) in [6.07, 6.45) is 2.64. The number of oxazole rings is 1. The number of aliphatic hydroxyl groups excluding tert-OH is 1. The summed E-state index contributed by atoms with van der Waals surface area (Å²) in [4.78, 5) is 6.35. The lowest BCUT2D eigenvalue weighted by Gasteiger charge is -2.05. The van der Waals surface area contributed by atoms with Crippen LogP contribution < -0.4 is 0 Å². The molecule has 14 heavy (non-hydrogen) atoms. The molecule has 1 heterocycles. The van der Waals surface area contributed by atoms with E-state index in [0.717, 1.165) is 24.6 Å². The van der Waals surface area contributed by atoms with Gasteiger partial charge in [-0.25, -0.2) is 4.98 Å². The smallest absolute Gasteiger partial charge is 0.195 e. The van der Waals surface area contributed by atoms with Crippen LogP contribution in [-0.4, -0.2) is 41.7 Å². The van der Waals surface area contributed by atoms with Crippen molar-refractivity contribution in [1.82, 2.24) is 9.88 Å². The highest BCUT2D eigenvalue weighted by Gasteiger charge is 2.06. The van der Waals surface area contributed by atoms with Crippen molar-refractivity contribution in [3.8, 4) is 0 Å². The molecule has 0 amide bonds. The van der Waals surface area contributed by atoms with E-state index in [0.29, 0.717) is 6.42 Å². The molecule has 1 atom stereocenters. The molecule has 0 radical (unpaired) electrons. The van der Waals surface area contributed by atoms with E-state index in [9.17, 15) is 0 Å². The van der Waals surface area contributed by atoms with Gasteiger partial charge in [0.15, 0.2) is 5.89 Å². The minimum atomic E-state index is -0.359. The first-order chi connectivity index (χ1) is 6.58. The minimum absolute atomic E-state index is 0.359. The van der Waals surface area contributed by atoms with E-state index >= 15 is 0 Å². The van der Waals surface area contributed by atoms with Crippen molar-refractivity contribution in [1.29, 1.82) is 0 Å². The Morgan fingerprint density at radius 2 is 2.29 bits per heavy atom. The fourth-order valence-electron chi connectivity index (χ4n) is 1.18. The van der Waals surface area contributed by atoms with Crippen LogP contribution in [0.3, 0.4) is 0 Å². The quantitative estimate of drug-likeness (QED) is 0.756. The van der Waals surface area contributed by atoms with Gasteiger partial charge in [-0.1, -0.05) is 0 Å². The summed E-state index contributed by atoms with van der Waals surface area (Å²) in [6, 6.07) is 0. The first-order valence-electron chi connectivity index (χ1n) is 4.84. The van der Waals surface area contributed by atoms with Gasteiger partial charge >= 0.3 is 0 Å². The molecule has 0 aliphatic rings. The van der Waals surface area contributed by atoms with Gasteiger partial charge in [0.1, 0.15) is 6.26 Å². The Morgan fingerprint density at radius 1 is 1.57 bits per heavy atom. The van der Waals surface area contributed by atoms with Crippen molar-refractivity contribution in [3.63, 3.8) is 0 Å². The summed E-state index contributed by atoms with van der Waals surface area (Å²) in [5.41, 5.74) is 0.828. The maximum absolute atomic E-state index is 9.14. The largest absolute Gasteiger partial charge is 0.449 e. The van der Waals surface area contributed by atoms with Crippen LogP contribution in [0.2, 0.25) is 0 Å². The highest BCUT2D eigenvalue weighted by Crippen LogP contribution is 2.05. The standard InChI is InChI=1S/C10H18N2O2/c1-8(13)6-9-7-14-10(11-9)4-5-12(2)3/h7-8,13H,4-6H2,1-3H3. The lowest BCUT2D eigenvalue weighted by Crippen LogP contribution is -2.15. The Morgan fingerprint density at radius 3 is 2.86 bits per heavy atom. The molecule has 0 aromatic carbocycles. The zero-order valence-corrected chi connectivity index (χ0v) is 9.03. The number of rotatable bonds is 5. The maximum atomic E-state index is 9.14. The molecule has 0 saturated heterocycles. The first-order valence-corrected chi connectivity index (χ1v) is 4.84. The van der Waals surface area contributed by atoms with Crippen LogP contribution in [0, 0.1) is 0 Å². The lowest BCUT2D eigenvalue weighted by atomic mass is 10.2. The van der Waals surface area contributed by atoms with Crippen molar-refractivity contribution >= 4 is 0 Å². The van der Waals surface area contributed by atoms with Gasteiger partial charge in [-0.05, 0) is 21.0 Å². The number of nitrogens with zero attached hydrogens (tertiary/aromatic N) is 2. The third-order valence-corrected chi connectivity index (χ3v) is 1.88. The van der Waals surface area contributed by atoms with Crippen molar-refractivity contribution in [2.45, 2.75) is 25.9 Å². The predicted octanol–water partition coefficient (Wildman–Crippen LogP) is 0.702. The van der Waals surface area contributed by atoms with Crippen molar-refractivity contribution < 1.29 is 9.52 Å². The van der Waals surface area contributed by atoms with Gasteiger partial charge in [0, 0.05) is 19.4 Å². The van der Waals surface area contributed by atoms with Crippen LogP contribution in [0.5, 0.6) is 0 Å². The summed E-state index contributed by atoms with van der Waals surface area (Å²) >= 11 is 0. The molecule has 0 spiro atoms. The topological polar surface area (TPSA) is 49.5 Å². The molecule has 1 unspecified atom stereocenters. The average molecular weight is 198 g/mol. The molecule has 1 N–H and O–H groups in total. The van der Waals surface area contributed by atoms with Gasteiger partial charge in [-0.15, -0.1) is 0 Å². The molecule has 0 saturated carbocycles. The zero-order valence-electron chi connectivity index (χ0n) is 9.03. The van der Waals surface area contributed by atoms with Gasteiger partial charge < -0.3 is 14.4 Å². The third-order valence-electron chi connectivity index (χ3n) is 1.88. The summed E-state index contributed by atoms with van der Waals surface area (Å²) in [5.74, 6) is 0.745. The monoisotopic (exact) mass is 198 g/mol. The number of hydrogen-bond acceptors (Lipinski definition) is 4. The first kappa shape index (κ1) is 11.2. The molecule has 0 aliphatic heterocycles. The van der Waals surface area contributed by atoms with Crippen molar-refractivity contribution in [2.24, 2.45) is 0 Å². The van der Waals surface area contributed by atoms with Crippen molar-refractivity contribution in [2.75, 3.05) is 20.6 Å². The van der Waals surface area contributed by atoms with Crippen LogP contribution in [0.1, 0.15) is 18.5 Å². The van der Waals surface area contributed by atoms with E-state index in [-0.39, 0.29) is 6.10 Å². The van der Waals surface area contributed by atoms with E-state index in [2.05, 4.69) is 9.88 Å². The number of hydrogen-bond donors (Lipinski definition) is 1. The normalized spacial score (nSPS) is 13.5. The number of likely N-dealkylation sites (N-methyl/N-ethyl adjacent to an activating group) is 1. The lowest BCUT2D eigenvalue weighted by molar-refractivity contribution is 0.194. The van der Waals surface area contributed by atoms with Gasteiger partial charge in [0.2, 0.25) is 0 Å². The fraction of sp³-hybridized carbons (Fsp3) is 0.700. The molecule has 0 bridgehead atoms. The Labute approximate surface area is 84.6 Å². The highest BCUT2D eigenvalue weighted by molar-refractivity contribution is 4.98. The van der Waals surface area contributed by atoms with Crippen molar-refractivity contribution in [3.05, 3.63) is 17.8 Å². The van der Waals surface area contributed by atoms with E-state index in [1.54, 1.807) is 13.2 Å². The Hall–Kier alpha value is -0.870. The second-order valence-corrected chi connectivity index (χ2v) is 3.84. The zero-order chi connectivity index (χ0) is 10.6. The van der Waals surface area contributed by atoms with Gasteiger partial charge in [-0.3, -0.25) is 0 Å². The van der Waals surface area contributed by atoms with E-state index < -0.39 is 0 Å². The molecule has 1 rings (SSSR count). The minimum Gasteiger partial charge on any atom is -0.449 e. The van der Waals surface area contributed by atoms with E-state index in [1.165, 1.54) is 0 Å². The summed E-state index contributed by atoms with van der Waals surface area (Å²) in [6.45, 7) is 2.67. The molecule has 80 valence electrons. The van der Waals surface area contributed by atoms with E-state index in [1.807, 2.05) is 14.1 Å². The second kappa shape index (κ2) is 5.12. The van der Waals surface area contributed by atoms with Crippen LogP contribution in [-0.2, 0) is 12.8 Å².